The molecule has 0 saturated carbocycles. The lowest BCUT2D eigenvalue weighted by Gasteiger charge is -2.35. The second-order valence-corrected chi connectivity index (χ2v) is 9.56. The Morgan fingerprint density at radius 3 is 2.45 bits per heavy atom. The Kier molecular flexibility index (Phi) is 6.59. The minimum Gasteiger partial charge on any atom is -0.494 e. The lowest BCUT2D eigenvalue weighted by atomic mass is 10.2. The molecule has 0 spiro atoms. The monoisotopic (exact) mass is 447 g/mol. The molecule has 2 fully saturated rings. The number of benzene rings is 1. The van der Waals surface area contributed by atoms with E-state index in [9.17, 15) is 8.42 Å². The standard InChI is InChI=1S/C21H29N5O4S/c1-3-30-20-5-4-19(14-17(20)2)31(27,28)26-8-6-25(7-9-26)21-15-18(16-22-23-21)24-10-12-29-13-11-24/h4-5,14-16H,3,6-13H2,1-2H3. The second kappa shape index (κ2) is 9.37. The molecule has 2 aliphatic heterocycles. The summed E-state index contributed by atoms with van der Waals surface area (Å²) in [6, 6.07) is 7.06. The number of hydrogen-bond acceptors (Lipinski definition) is 8. The average Bonchev–Trinajstić information content (AvgIpc) is 2.81. The van der Waals surface area contributed by atoms with Crippen LogP contribution in [-0.4, -0.2) is 82.0 Å². The first-order valence-corrected chi connectivity index (χ1v) is 12.1. The van der Waals surface area contributed by atoms with Crippen molar-refractivity contribution in [1.29, 1.82) is 0 Å². The minimum atomic E-state index is -3.55. The SMILES string of the molecule is CCOc1ccc(S(=O)(=O)N2CCN(c3cc(N4CCOCC4)cnn3)CC2)cc1C. The molecule has 2 saturated heterocycles. The molecule has 0 radical (unpaired) electrons. The lowest BCUT2D eigenvalue weighted by molar-refractivity contribution is 0.122. The van der Waals surface area contributed by atoms with Crippen LogP contribution in [0.25, 0.3) is 0 Å². The summed E-state index contributed by atoms with van der Waals surface area (Å²) in [4.78, 5) is 4.62. The molecule has 9 nitrogen and oxygen atoms in total. The Morgan fingerprint density at radius 1 is 1.03 bits per heavy atom. The number of morpholine rings is 1. The Balaban J connectivity index is 1.43. The summed E-state index contributed by atoms with van der Waals surface area (Å²) in [6.07, 6.45) is 1.77. The van der Waals surface area contributed by atoms with Gasteiger partial charge in [-0.3, -0.25) is 0 Å². The molecule has 0 atom stereocenters. The van der Waals surface area contributed by atoms with Crippen LogP contribution in [0.5, 0.6) is 5.75 Å². The molecule has 2 aliphatic rings. The van der Waals surface area contributed by atoms with Crippen LogP contribution < -0.4 is 14.5 Å². The van der Waals surface area contributed by atoms with E-state index < -0.39 is 10.0 Å². The van der Waals surface area contributed by atoms with Gasteiger partial charge in [0.2, 0.25) is 10.0 Å². The van der Waals surface area contributed by atoms with Crippen molar-refractivity contribution in [2.75, 3.05) is 68.9 Å². The first-order chi connectivity index (χ1) is 15.0. The Labute approximate surface area is 183 Å². The minimum absolute atomic E-state index is 0.302. The van der Waals surface area contributed by atoms with Crippen LogP contribution in [0.3, 0.4) is 0 Å². The van der Waals surface area contributed by atoms with Crippen LogP contribution in [0.15, 0.2) is 35.4 Å². The van der Waals surface area contributed by atoms with Gasteiger partial charge in [0, 0.05) is 45.3 Å². The molecule has 1 aromatic carbocycles. The molecule has 2 aromatic rings. The van der Waals surface area contributed by atoms with Crippen LogP contribution in [0.2, 0.25) is 0 Å². The van der Waals surface area contributed by atoms with Crippen molar-refractivity contribution < 1.29 is 17.9 Å². The van der Waals surface area contributed by atoms with Gasteiger partial charge in [-0.2, -0.15) is 9.40 Å². The molecule has 31 heavy (non-hydrogen) atoms. The highest BCUT2D eigenvalue weighted by atomic mass is 32.2. The van der Waals surface area contributed by atoms with E-state index in [0.29, 0.717) is 56.6 Å². The topological polar surface area (TPSA) is 88.1 Å². The molecule has 168 valence electrons. The normalized spacial score (nSPS) is 18.3. The zero-order valence-corrected chi connectivity index (χ0v) is 18.8. The fourth-order valence-corrected chi connectivity index (χ4v) is 5.41. The fraction of sp³-hybridized carbons (Fsp3) is 0.524. The number of nitrogens with zero attached hydrogens (tertiary/aromatic N) is 5. The third-order valence-corrected chi connectivity index (χ3v) is 7.54. The van der Waals surface area contributed by atoms with Gasteiger partial charge in [-0.25, -0.2) is 8.42 Å². The summed E-state index contributed by atoms with van der Waals surface area (Å²) >= 11 is 0. The van der Waals surface area contributed by atoms with Gasteiger partial charge in [-0.15, -0.1) is 5.10 Å². The van der Waals surface area contributed by atoms with E-state index in [0.717, 1.165) is 30.2 Å². The number of aromatic nitrogens is 2. The number of piperazine rings is 1. The van der Waals surface area contributed by atoms with E-state index in [2.05, 4.69) is 20.0 Å². The van der Waals surface area contributed by atoms with E-state index >= 15 is 0 Å². The summed E-state index contributed by atoms with van der Waals surface area (Å²) in [5.74, 6) is 1.49. The molecule has 0 amide bonds. The molecule has 1 aromatic heterocycles. The molecular weight excluding hydrogens is 418 g/mol. The average molecular weight is 448 g/mol. The molecule has 10 heteroatoms. The van der Waals surface area contributed by atoms with Gasteiger partial charge in [0.25, 0.3) is 0 Å². The van der Waals surface area contributed by atoms with Crippen molar-refractivity contribution in [2.45, 2.75) is 18.7 Å². The van der Waals surface area contributed by atoms with Gasteiger partial charge < -0.3 is 19.3 Å². The molecule has 0 unspecified atom stereocenters. The van der Waals surface area contributed by atoms with E-state index in [-0.39, 0.29) is 0 Å². The molecule has 4 rings (SSSR count). The summed E-state index contributed by atoms with van der Waals surface area (Å²) < 4.78 is 38.7. The number of sulfonamides is 1. The predicted molar refractivity (Wildman–Crippen MR) is 118 cm³/mol. The predicted octanol–water partition coefficient (Wildman–Crippen LogP) is 1.53. The lowest BCUT2D eigenvalue weighted by Crippen LogP contribution is -2.49. The molecule has 0 N–H and O–H groups in total. The maximum absolute atomic E-state index is 13.1. The van der Waals surface area contributed by atoms with Gasteiger partial charge in [0.05, 0.1) is 36.6 Å². The summed E-state index contributed by atoms with van der Waals surface area (Å²) in [5.41, 5.74) is 1.84. The van der Waals surface area contributed by atoms with Crippen molar-refractivity contribution in [3.05, 3.63) is 36.0 Å². The third-order valence-electron chi connectivity index (χ3n) is 5.65. The highest BCUT2D eigenvalue weighted by Crippen LogP contribution is 2.26. The van der Waals surface area contributed by atoms with Crippen molar-refractivity contribution in [2.24, 2.45) is 0 Å². The first-order valence-electron chi connectivity index (χ1n) is 10.6. The van der Waals surface area contributed by atoms with Crippen LogP contribution in [0, 0.1) is 6.92 Å². The van der Waals surface area contributed by atoms with Gasteiger partial charge >= 0.3 is 0 Å². The summed E-state index contributed by atoms with van der Waals surface area (Å²) in [6.45, 7) is 9.33. The van der Waals surface area contributed by atoms with E-state index in [4.69, 9.17) is 9.47 Å². The van der Waals surface area contributed by atoms with Crippen molar-refractivity contribution in [3.63, 3.8) is 0 Å². The largest absolute Gasteiger partial charge is 0.494 e. The number of anilines is 2. The van der Waals surface area contributed by atoms with Crippen LogP contribution >= 0.6 is 0 Å². The van der Waals surface area contributed by atoms with Crippen LogP contribution in [0.1, 0.15) is 12.5 Å². The van der Waals surface area contributed by atoms with Gasteiger partial charge in [-0.05, 0) is 37.6 Å². The van der Waals surface area contributed by atoms with E-state index in [1.807, 2.05) is 19.9 Å². The van der Waals surface area contributed by atoms with Crippen molar-refractivity contribution in [3.8, 4) is 5.75 Å². The van der Waals surface area contributed by atoms with Crippen molar-refractivity contribution in [1.82, 2.24) is 14.5 Å². The Morgan fingerprint density at radius 2 is 1.77 bits per heavy atom. The Bertz CT molecular complexity index is 1000. The Hall–Kier alpha value is -2.43. The number of ether oxygens (including phenoxy) is 2. The molecule has 0 aliphatic carbocycles. The number of hydrogen-bond donors (Lipinski definition) is 0. The molecule has 0 bridgehead atoms. The quantitative estimate of drug-likeness (QED) is 0.659. The third kappa shape index (κ3) is 4.76. The fourth-order valence-electron chi connectivity index (χ4n) is 3.90. The molecular formula is C21H29N5O4S. The van der Waals surface area contributed by atoms with Gasteiger partial charge in [-0.1, -0.05) is 0 Å². The maximum Gasteiger partial charge on any atom is 0.243 e. The zero-order valence-electron chi connectivity index (χ0n) is 18.0. The smallest absolute Gasteiger partial charge is 0.243 e. The highest BCUT2D eigenvalue weighted by molar-refractivity contribution is 7.89. The maximum atomic E-state index is 13.1. The summed E-state index contributed by atoms with van der Waals surface area (Å²) in [7, 11) is -3.55. The first kappa shape index (κ1) is 21.8. The van der Waals surface area contributed by atoms with Gasteiger partial charge in [0.15, 0.2) is 5.82 Å². The van der Waals surface area contributed by atoms with Crippen LogP contribution in [-0.2, 0) is 14.8 Å². The van der Waals surface area contributed by atoms with E-state index in [1.54, 1.807) is 24.4 Å². The second-order valence-electron chi connectivity index (χ2n) is 7.62. The van der Waals surface area contributed by atoms with Crippen LogP contribution in [0.4, 0.5) is 11.5 Å². The molecule has 3 heterocycles. The van der Waals surface area contributed by atoms with Gasteiger partial charge in [0.1, 0.15) is 5.75 Å². The summed E-state index contributed by atoms with van der Waals surface area (Å²) in [5, 5.41) is 8.44. The highest BCUT2D eigenvalue weighted by Gasteiger charge is 2.29. The van der Waals surface area contributed by atoms with E-state index in [1.165, 1.54) is 4.31 Å². The van der Waals surface area contributed by atoms with Crippen molar-refractivity contribution >= 4 is 21.5 Å². The zero-order chi connectivity index (χ0) is 21.8. The number of aryl methyl sites for hydroxylation is 1. The number of rotatable bonds is 6.